The van der Waals surface area contributed by atoms with Crippen molar-refractivity contribution in [2.75, 3.05) is 6.61 Å². The van der Waals surface area contributed by atoms with E-state index in [1.54, 1.807) is 19.9 Å². The van der Waals surface area contributed by atoms with Crippen molar-refractivity contribution in [3.8, 4) is 0 Å². The Morgan fingerprint density at radius 2 is 2.03 bits per heavy atom. The molecule has 4 nitrogen and oxygen atoms in total. The molecule has 8 atom stereocenters. The Morgan fingerprint density at radius 1 is 1.38 bits per heavy atom. The van der Waals surface area contributed by atoms with E-state index in [-0.39, 0.29) is 24.5 Å². The number of fused-ring (bicyclic) bond motifs is 5. The summed E-state index contributed by atoms with van der Waals surface area (Å²) in [5, 5.41) is 20.2. The van der Waals surface area contributed by atoms with Crippen LogP contribution in [0.25, 0.3) is 0 Å². The van der Waals surface area contributed by atoms with Gasteiger partial charge in [-0.3, -0.25) is 9.59 Å². The maximum atomic E-state index is 15.4. The van der Waals surface area contributed by atoms with Crippen LogP contribution in [0.15, 0.2) is 36.0 Å². The van der Waals surface area contributed by atoms with Crippen LogP contribution in [0.5, 0.6) is 0 Å². The molecule has 3 saturated carbocycles. The van der Waals surface area contributed by atoms with Crippen molar-refractivity contribution in [2.45, 2.75) is 55.1 Å². The Kier molecular flexibility index (Phi) is 4.58. The molecule has 2 N–H and O–H groups in total. The van der Waals surface area contributed by atoms with Gasteiger partial charge in [0.2, 0.25) is 0 Å². The van der Waals surface area contributed by atoms with Crippen LogP contribution in [0.4, 0.5) is 4.39 Å². The Hall–Kier alpha value is -1.01. The molecule has 2 unspecified atom stereocenters. The predicted molar refractivity (Wildman–Crippen MR) is 109 cm³/mol. The highest BCUT2D eigenvalue weighted by Crippen LogP contribution is 2.72. The van der Waals surface area contributed by atoms with E-state index in [0.717, 1.165) is 0 Å². The summed E-state index contributed by atoms with van der Waals surface area (Å²) in [5.74, 6) is -1.80. The van der Waals surface area contributed by atoms with Gasteiger partial charge in [-0.25, -0.2) is 4.39 Å². The molecule has 0 aromatic rings. The monoisotopic (exact) mass is 442 g/mol. The fraction of sp³-hybridized carbons (Fsp3) is 0.636. The van der Waals surface area contributed by atoms with Crippen molar-refractivity contribution in [3.05, 3.63) is 36.0 Å². The van der Waals surface area contributed by atoms with Crippen LogP contribution in [0.3, 0.4) is 0 Å². The Labute approximate surface area is 179 Å². The largest absolute Gasteiger partial charge is 0.388 e. The number of carbonyl (C=O) groups is 2. The van der Waals surface area contributed by atoms with Crippen LogP contribution in [0.1, 0.15) is 33.1 Å². The molecule has 0 aromatic heterocycles. The van der Waals surface area contributed by atoms with Crippen molar-refractivity contribution in [2.24, 2.45) is 22.7 Å². The predicted octanol–water partition coefficient (Wildman–Crippen LogP) is 3.28. The number of allylic oxidation sites excluding steroid dienone is 4. The maximum Gasteiger partial charge on any atom is 0.194 e. The average molecular weight is 443 g/mol. The first-order valence-corrected chi connectivity index (χ1v) is 10.7. The second-order valence-corrected chi connectivity index (χ2v) is 10.6. The van der Waals surface area contributed by atoms with Gasteiger partial charge < -0.3 is 10.2 Å². The number of hydrogen-bond acceptors (Lipinski definition) is 4. The summed E-state index contributed by atoms with van der Waals surface area (Å²) in [6.45, 7) is 6.68. The van der Waals surface area contributed by atoms with Crippen LogP contribution in [0.2, 0.25) is 0 Å². The number of carbonyl (C=O) groups excluding carboxylic acids is 2. The summed E-state index contributed by atoms with van der Waals surface area (Å²) in [7, 11) is 0. The van der Waals surface area contributed by atoms with Gasteiger partial charge in [0.25, 0.3) is 0 Å². The summed E-state index contributed by atoms with van der Waals surface area (Å²) in [6, 6.07) is 0. The molecule has 0 bridgehead atoms. The first kappa shape index (κ1) is 21.2. The number of rotatable bonds is 2. The standard InChI is InChI=1S/C22H25Cl2FO4/c1-11-6-13-14-8-16(25)15-7-12(27)4-5-19(15,2)21(14,24)17(23)9-20(13,3)22(11,29)18(28)10-26/h4-5,7,13-14,16-17,26,29H,1,6,8-10H2,2-3H3/t13-,14-,16?,17?,19-,20-,21-,22-/m0/s1. The summed E-state index contributed by atoms with van der Waals surface area (Å²) in [6.07, 6.45) is 3.54. The second kappa shape index (κ2) is 6.25. The Balaban J connectivity index is 1.88. The molecule has 0 radical (unpaired) electrons. The maximum absolute atomic E-state index is 15.4. The van der Waals surface area contributed by atoms with Gasteiger partial charge in [-0.05, 0) is 54.4 Å². The summed E-state index contributed by atoms with van der Waals surface area (Å²) in [5.41, 5.74) is -3.28. The van der Waals surface area contributed by atoms with Crippen molar-refractivity contribution in [1.82, 2.24) is 0 Å². The third-order valence-corrected chi connectivity index (χ3v) is 9.87. The van der Waals surface area contributed by atoms with Crippen LogP contribution in [-0.4, -0.2) is 50.4 Å². The quantitative estimate of drug-likeness (QED) is 0.508. The number of ketones is 2. The minimum Gasteiger partial charge on any atom is -0.388 e. The van der Waals surface area contributed by atoms with Crippen LogP contribution in [-0.2, 0) is 9.59 Å². The van der Waals surface area contributed by atoms with Gasteiger partial charge in [0, 0.05) is 10.8 Å². The molecule has 0 aromatic carbocycles. The number of aliphatic hydroxyl groups excluding tert-OH is 1. The number of alkyl halides is 3. The van der Waals surface area contributed by atoms with Gasteiger partial charge >= 0.3 is 0 Å². The third-order valence-electron chi connectivity index (χ3n) is 8.33. The van der Waals surface area contributed by atoms with Crippen molar-refractivity contribution < 1.29 is 24.2 Å². The zero-order chi connectivity index (χ0) is 21.6. The van der Waals surface area contributed by atoms with Crippen molar-refractivity contribution in [1.29, 1.82) is 0 Å². The third kappa shape index (κ3) is 2.28. The van der Waals surface area contributed by atoms with E-state index in [2.05, 4.69) is 6.58 Å². The highest BCUT2D eigenvalue weighted by molar-refractivity contribution is 6.34. The zero-order valence-corrected chi connectivity index (χ0v) is 17.9. The van der Waals surface area contributed by atoms with E-state index in [0.29, 0.717) is 17.6 Å². The van der Waals surface area contributed by atoms with E-state index in [1.165, 1.54) is 12.2 Å². The lowest BCUT2D eigenvalue weighted by Gasteiger charge is -2.64. The van der Waals surface area contributed by atoms with Crippen LogP contribution < -0.4 is 0 Å². The lowest BCUT2D eigenvalue weighted by Crippen LogP contribution is -2.68. The molecule has 0 heterocycles. The fourth-order valence-corrected chi connectivity index (χ4v) is 7.93. The van der Waals surface area contributed by atoms with Gasteiger partial charge in [-0.15, -0.1) is 23.2 Å². The fourth-order valence-electron chi connectivity index (χ4n) is 6.73. The summed E-state index contributed by atoms with van der Waals surface area (Å²) < 4.78 is 15.4. The van der Waals surface area contributed by atoms with Crippen molar-refractivity contribution in [3.63, 3.8) is 0 Å². The molecule has 0 spiro atoms. The molecule has 0 aliphatic heterocycles. The number of halogens is 3. The van der Waals surface area contributed by atoms with E-state index >= 15 is 4.39 Å². The number of aliphatic hydroxyl groups is 2. The topological polar surface area (TPSA) is 74.6 Å². The first-order chi connectivity index (χ1) is 13.4. The molecule has 4 aliphatic carbocycles. The van der Waals surface area contributed by atoms with E-state index in [1.807, 2.05) is 0 Å². The number of hydrogen-bond donors (Lipinski definition) is 2. The minimum atomic E-state index is -1.93. The molecule has 4 rings (SSSR count). The smallest absolute Gasteiger partial charge is 0.194 e. The van der Waals surface area contributed by atoms with Gasteiger partial charge in [-0.2, -0.15) is 0 Å². The van der Waals surface area contributed by atoms with Gasteiger partial charge in [0.1, 0.15) is 12.8 Å². The molecular formula is C22H25Cl2FO4. The van der Waals surface area contributed by atoms with E-state index in [9.17, 15) is 19.8 Å². The van der Waals surface area contributed by atoms with E-state index < -0.39 is 51.2 Å². The van der Waals surface area contributed by atoms with Gasteiger partial charge in [0.05, 0.1) is 10.3 Å². The lowest BCUT2D eigenvalue weighted by molar-refractivity contribution is -0.156. The first-order valence-electron chi connectivity index (χ1n) is 9.85. The normalized spacial score (nSPS) is 51.2. The van der Waals surface area contributed by atoms with Crippen molar-refractivity contribution >= 4 is 34.8 Å². The molecule has 29 heavy (non-hydrogen) atoms. The Bertz CT molecular complexity index is 884. The molecule has 4 aliphatic rings. The lowest BCUT2D eigenvalue weighted by atomic mass is 9.46. The van der Waals surface area contributed by atoms with Gasteiger partial charge in [-0.1, -0.05) is 26.5 Å². The second-order valence-electron chi connectivity index (χ2n) is 9.41. The summed E-state index contributed by atoms with van der Waals surface area (Å²) >= 11 is 14.2. The van der Waals surface area contributed by atoms with E-state index in [4.69, 9.17) is 23.2 Å². The van der Waals surface area contributed by atoms with Crippen LogP contribution in [0, 0.1) is 22.7 Å². The molecule has 0 saturated heterocycles. The molecule has 0 amide bonds. The highest BCUT2D eigenvalue weighted by Gasteiger charge is 2.74. The molecule has 158 valence electrons. The zero-order valence-electron chi connectivity index (χ0n) is 16.4. The SMILES string of the molecule is C=C1C[C@H]2[C@@H]3CC(F)C4=CC(=O)C=C[C@]4(C)[C@@]3(Cl)C(Cl)C[C@]2(C)[C@@]1(O)C(=O)CO. The van der Waals surface area contributed by atoms with Gasteiger partial charge in [0.15, 0.2) is 17.2 Å². The number of Topliss-reactive ketones (excluding diaryl/α,β-unsaturated/α-hetero) is 1. The molecular weight excluding hydrogens is 418 g/mol. The summed E-state index contributed by atoms with van der Waals surface area (Å²) in [4.78, 5) is 23.4. The molecule has 7 heteroatoms. The highest BCUT2D eigenvalue weighted by atomic mass is 35.5. The minimum absolute atomic E-state index is 0.0478. The molecule has 3 fully saturated rings. The average Bonchev–Trinajstić information content (AvgIpc) is 2.86. The van der Waals surface area contributed by atoms with Crippen LogP contribution >= 0.6 is 23.2 Å². The Morgan fingerprint density at radius 3 is 2.66 bits per heavy atom.